The maximum atomic E-state index is 12.5. The van der Waals surface area contributed by atoms with Gasteiger partial charge in [-0.2, -0.15) is 5.10 Å². The van der Waals surface area contributed by atoms with Crippen LogP contribution in [0.5, 0.6) is 5.75 Å². The third kappa shape index (κ3) is 4.93. The highest BCUT2D eigenvalue weighted by molar-refractivity contribution is 6.30. The molecule has 1 amide bonds. The maximum absolute atomic E-state index is 12.5. The summed E-state index contributed by atoms with van der Waals surface area (Å²) in [4.78, 5) is 12.5. The van der Waals surface area contributed by atoms with Crippen molar-refractivity contribution >= 4 is 34.5 Å². The van der Waals surface area contributed by atoms with Crippen LogP contribution >= 0.6 is 11.6 Å². The Hall–Kier alpha value is -3.63. The van der Waals surface area contributed by atoms with Crippen LogP contribution < -0.4 is 10.2 Å². The van der Waals surface area contributed by atoms with Gasteiger partial charge in [0.2, 0.25) is 0 Å². The van der Waals surface area contributed by atoms with Gasteiger partial charge in [0, 0.05) is 16.1 Å². The molecule has 0 aliphatic heterocycles. The number of nitrogens with one attached hydrogen (secondary N) is 1. The topological polar surface area (TPSA) is 50.7 Å². The molecule has 0 aliphatic carbocycles. The lowest BCUT2D eigenvalue weighted by Gasteiger charge is -2.12. The Bertz CT molecular complexity index is 1270. The minimum absolute atomic E-state index is 0.254. The third-order valence-corrected chi connectivity index (χ3v) is 5.20. The van der Waals surface area contributed by atoms with E-state index in [9.17, 15) is 4.79 Å². The number of hydrogen-bond acceptors (Lipinski definition) is 3. The van der Waals surface area contributed by atoms with Crippen LogP contribution in [-0.2, 0) is 6.61 Å². The van der Waals surface area contributed by atoms with Gasteiger partial charge >= 0.3 is 0 Å². The summed E-state index contributed by atoms with van der Waals surface area (Å²) in [6, 6.07) is 26.9. The van der Waals surface area contributed by atoms with Crippen LogP contribution in [0.2, 0.25) is 5.02 Å². The summed E-state index contributed by atoms with van der Waals surface area (Å²) >= 11 is 6.08. The van der Waals surface area contributed by atoms with Gasteiger partial charge in [-0.3, -0.25) is 4.79 Å². The molecule has 0 bridgehead atoms. The smallest absolute Gasteiger partial charge is 0.271 e. The zero-order valence-corrected chi connectivity index (χ0v) is 17.8. The monoisotopic (exact) mass is 428 g/mol. The highest BCUT2D eigenvalue weighted by Gasteiger charge is 2.10. The van der Waals surface area contributed by atoms with E-state index in [1.54, 1.807) is 12.3 Å². The molecule has 4 rings (SSSR count). The average molecular weight is 429 g/mol. The van der Waals surface area contributed by atoms with Crippen molar-refractivity contribution in [2.24, 2.45) is 5.10 Å². The van der Waals surface area contributed by atoms with Gasteiger partial charge in [0.05, 0.1) is 6.21 Å². The van der Waals surface area contributed by atoms with E-state index < -0.39 is 0 Å². The lowest BCUT2D eigenvalue weighted by Crippen LogP contribution is -2.18. The first-order chi connectivity index (χ1) is 15.1. The second-order valence-electron chi connectivity index (χ2n) is 7.13. The summed E-state index contributed by atoms with van der Waals surface area (Å²) < 4.78 is 6.08. The van der Waals surface area contributed by atoms with Crippen LogP contribution in [0.1, 0.15) is 27.0 Å². The molecular formula is C26H21ClN2O2. The van der Waals surface area contributed by atoms with E-state index in [1.165, 1.54) is 0 Å². The molecule has 4 aromatic rings. The van der Waals surface area contributed by atoms with Crippen molar-refractivity contribution in [3.8, 4) is 5.75 Å². The highest BCUT2D eigenvalue weighted by Crippen LogP contribution is 2.27. The number of halogens is 1. The van der Waals surface area contributed by atoms with Gasteiger partial charge < -0.3 is 4.74 Å². The second kappa shape index (κ2) is 9.45. The van der Waals surface area contributed by atoms with Crippen molar-refractivity contribution in [2.45, 2.75) is 13.5 Å². The second-order valence-corrected chi connectivity index (χ2v) is 7.57. The molecule has 0 radical (unpaired) electrons. The van der Waals surface area contributed by atoms with Crippen molar-refractivity contribution < 1.29 is 9.53 Å². The predicted molar refractivity (Wildman–Crippen MR) is 126 cm³/mol. The van der Waals surface area contributed by atoms with Crippen LogP contribution in [0.3, 0.4) is 0 Å². The fraction of sp³-hybridized carbons (Fsp3) is 0.0769. The number of carbonyl (C=O) groups is 1. The molecule has 0 aliphatic rings. The molecule has 0 spiro atoms. The van der Waals surface area contributed by atoms with Gasteiger partial charge in [-0.05, 0) is 53.1 Å². The van der Waals surface area contributed by atoms with E-state index >= 15 is 0 Å². The predicted octanol–water partition coefficient (Wildman–Crippen LogP) is 6.14. The van der Waals surface area contributed by atoms with E-state index in [0.717, 1.165) is 27.5 Å². The average Bonchev–Trinajstić information content (AvgIpc) is 2.78. The zero-order chi connectivity index (χ0) is 21.6. The quantitative estimate of drug-likeness (QED) is 0.296. The van der Waals surface area contributed by atoms with E-state index in [4.69, 9.17) is 16.3 Å². The van der Waals surface area contributed by atoms with Crippen LogP contribution in [0.25, 0.3) is 10.8 Å². The molecule has 0 saturated heterocycles. The molecule has 0 saturated carbocycles. The van der Waals surface area contributed by atoms with Gasteiger partial charge in [-0.25, -0.2) is 5.43 Å². The molecule has 4 nitrogen and oxygen atoms in total. The fourth-order valence-corrected chi connectivity index (χ4v) is 3.58. The molecule has 0 atom stereocenters. The number of hydrazone groups is 1. The van der Waals surface area contributed by atoms with Gasteiger partial charge in [0.15, 0.2) is 0 Å². The first-order valence-corrected chi connectivity index (χ1v) is 10.3. The molecule has 1 N–H and O–H groups in total. The number of hydrogen-bond donors (Lipinski definition) is 1. The summed E-state index contributed by atoms with van der Waals surface area (Å²) in [6.07, 6.45) is 1.63. The number of fused-ring (bicyclic) bond motifs is 1. The Morgan fingerprint density at radius 2 is 1.81 bits per heavy atom. The molecule has 0 aromatic heterocycles. The van der Waals surface area contributed by atoms with Gasteiger partial charge in [-0.1, -0.05) is 72.3 Å². The Morgan fingerprint density at radius 3 is 2.65 bits per heavy atom. The number of rotatable bonds is 6. The summed E-state index contributed by atoms with van der Waals surface area (Å²) in [5.74, 6) is 0.420. The summed E-state index contributed by atoms with van der Waals surface area (Å²) in [5, 5.41) is 6.93. The highest BCUT2D eigenvalue weighted by atomic mass is 35.5. The molecule has 31 heavy (non-hydrogen) atoms. The SMILES string of the molecule is Cc1ccccc1C(=O)N/N=C/c1c(OCc2cccc(Cl)c2)ccc2ccccc12. The third-order valence-electron chi connectivity index (χ3n) is 4.96. The molecule has 4 aromatic carbocycles. The van der Waals surface area contributed by atoms with Gasteiger partial charge in [-0.15, -0.1) is 0 Å². The normalized spacial score (nSPS) is 11.0. The number of carbonyl (C=O) groups excluding carboxylic acids is 1. The van der Waals surface area contributed by atoms with Crippen LogP contribution in [-0.4, -0.2) is 12.1 Å². The van der Waals surface area contributed by atoms with Gasteiger partial charge in [0.1, 0.15) is 12.4 Å². The number of amides is 1. The Kier molecular flexibility index (Phi) is 6.29. The van der Waals surface area contributed by atoms with Crippen molar-refractivity contribution in [1.29, 1.82) is 0 Å². The Balaban J connectivity index is 1.60. The molecular weight excluding hydrogens is 408 g/mol. The minimum Gasteiger partial charge on any atom is -0.488 e. The van der Waals surface area contributed by atoms with Crippen molar-refractivity contribution in [2.75, 3.05) is 0 Å². The maximum Gasteiger partial charge on any atom is 0.271 e. The Morgan fingerprint density at radius 1 is 1.00 bits per heavy atom. The first kappa shape index (κ1) is 20.6. The van der Waals surface area contributed by atoms with E-state index in [2.05, 4.69) is 10.5 Å². The van der Waals surface area contributed by atoms with E-state index in [1.807, 2.05) is 85.8 Å². The molecule has 0 fully saturated rings. The summed E-state index contributed by atoms with van der Waals surface area (Å²) in [7, 11) is 0. The molecule has 5 heteroatoms. The van der Waals surface area contributed by atoms with Gasteiger partial charge in [0.25, 0.3) is 5.91 Å². The lowest BCUT2D eigenvalue weighted by atomic mass is 10.0. The molecule has 0 unspecified atom stereocenters. The van der Waals surface area contributed by atoms with Crippen LogP contribution in [0.15, 0.2) is 90.0 Å². The fourth-order valence-electron chi connectivity index (χ4n) is 3.37. The number of aryl methyl sites for hydroxylation is 1. The molecule has 154 valence electrons. The summed E-state index contributed by atoms with van der Waals surface area (Å²) in [6.45, 7) is 2.26. The van der Waals surface area contributed by atoms with E-state index in [0.29, 0.717) is 22.9 Å². The van der Waals surface area contributed by atoms with Crippen molar-refractivity contribution in [3.05, 3.63) is 112 Å². The van der Waals surface area contributed by atoms with E-state index in [-0.39, 0.29) is 5.91 Å². The number of benzene rings is 4. The summed E-state index contributed by atoms with van der Waals surface area (Å²) in [5.41, 5.74) is 5.87. The van der Waals surface area contributed by atoms with Crippen molar-refractivity contribution in [3.63, 3.8) is 0 Å². The largest absolute Gasteiger partial charge is 0.488 e. The van der Waals surface area contributed by atoms with Crippen LogP contribution in [0.4, 0.5) is 0 Å². The Labute approximate surface area is 186 Å². The first-order valence-electron chi connectivity index (χ1n) is 9.90. The standard InChI is InChI=1S/C26H21ClN2O2/c1-18-7-2-4-11-22(18)26(30)29-28-16-24-23-12-5-3-9-20(23)13-14-25(24)31-17-19-8-6-10-21(27)15-19/h2-16H,17H2,1H3,(H,29,30)/b28-16+. The number of nitrogens with zero attached hydrogens (tertiary/aromatic N) is 1. The van der Waals surface area contributed by atoms with Crippen molar-refractivity contribution in [1.82, 2.24) is 5.43 Å². The lowest BCUT2D eigenvalue weighted by molar-refractivity contribution is 0.0954. The minimum atomic E-state index is -0.254. The zero-order valence-electron chi connectivity index (χ0n) is 17.0. The number of ether oxygens (including phenoxy) is 1. The van der Waals surface area contributed by atoms with Crippen LogP contribution in [0, 0.1) is 6.92 Å². The molecule has 0 heterocycles.